The Kier molecular flexibility index (Phi) is 6.80. The van der Waals surface area contributed by atoms with E-state index < -0.39 is 9.04 Å². The summed E-state index contributed by atoms with van der Waals surface area (Å²) in [7, 11) is -0.758. The normalized spacial score (nSPS) is 15.0. The Hall–Kier alpha value is 0.394. The quantitative estimate of drug-likeness (QED) is 0.554. The molecule has 3 heteroatoms. The molecule has 1 nitrogen and oxygen atoms in total. The van der Waals surface area contributed by atoms with Crippen LogP contribution in [0.5, 0.6) is 0 Å². The number of rotatable bonds is 5. The second-order valence-electron chi connectivity index (χ2n) is 2.41. The van der Waals surface area contributed by atoms with Crippen molar-refractivity contribution in [3.05, 3.63) is 0 Å². The molecule has 0 aromatic carbocycles. The van der Waals surface area contributed by atoms with E-state index >= 15 is 0 Å². The van der Waals surface area contributed by atoms with Gasteiger partial charge in [-0.15, -0.1) is 0 Å². The predicted molar refractivity (Wildman–Crippen MR) is 48.2 cm³/mol. The lowest BCUT2D eigenvalue weighted by atomic mass is 10.4. The van der Waals surface area contributed by atoms with Crippen LogP contribution < -0.4 is 0 Å². The highest BCUT2D eigenvalue weighted by atomic mass is 28.3. The summed E-state index contributed by atoms with van der Waals surface area (Å²) in [5, 5.41) is 0. The SMILES string of the molecule is CCCC[SiH](C)O[SiH2]C. The Morgan fingerprint density at radius 3 is 2.67 bits per heavy atom. The largest absolute Gasteiger partial charge is 0.463 e. The van der Waals surface area contributed by atoms with Crippen LogP contribution in [-0.4, -0.2) is 18.8 Å². The molecule has 1 unspecified atom stereocenters. The summed E-state index contributed by atoms with van der Waals surface area (Å²) in [6.45, 7) is 6.77. The van der Waals surface area contributed by atoms with Crippen LogP contribution in [0, 0.1) is 0 Å². The molecular weight excluding hydrogens is 144 g/mol. The highest BCUT2D eigenvalue weighted by molar-refractivity contribution is 6.56. The molecular formula is C6H18OSi2. The topological polar surface area (TPSA) is 9.23 Å². The number of hydrogen-bond donors (Lipinski definition) is 0. The van der Waals surface area contributed by atoms with Crippen LogP contribution in [0.2, 0.25) is 19.1 Å². The van der Waals surface area contributed by atoms with Crippen molar-refractivity contribution in [3.8, 4) is 0 Å². The summed E-state index contributed by atoms with van der Waals surface area (Å²) in [4.78, 5) is 0. The molecule has 0 rings (SSSR count). The molecule has 0 saturated carbocycles. The third-order valence-electron chi connectivity index (χ3n) is 1.42. The Labute approximate surface area is 62.5 Å². The standard InChI is InChI=1S/C6H18OSi2/c1-4-5-6-9(3)7-8-2/h9H,4-6,8H2,1-3H3. The molecule has 0 radical (unpaired) electrons. The fourth-order valence-electron chi connectivity index (χ4n) is 0.859. The minimum absolute atomic E-state index is 0.0997. The van der Waals surface area contributed by atoms with E-state index in [1.165, 1.54) is 18.9 Å². The number of hydrogen-bond acceptors (Lipinski definition) is 1. The van der Waals surface area contributed by atoms with E-state index in [4.69, 9.17) is 4.12 Å². The van der Waals surface area contributed by atoms with E-state index in [0.29, 0.717) is 0 Å². The van der Waals surface area contributed by atoms with Crippen LogP contribution in [-0.2, 0) is 4.12 Å². The van der Waals surface area contributed by atoms with Crippen LogP contribution >= 0.6 is 0 Å². The van der Waals surface area contributed by atoms with Crippen LogP contribution in [0.4, 0.5) is 0 Å². The summed E-state index contributed by atoms with van der Waals surface area (Å²) in [6.07, 6.45) is 2.70. The van der Waals surface area contributed by atoms with E-state index in [0.717, 1.165) is 0 Å². The van der Waals surface area contributed by atoms with Crippen molar-refractivity contribution < 1.29 is 4.12 Å². The molecule has 0 fully saturated rings. The molecule has 9 heavy (non-hydrogen) atoms. The maximum atomic E-state index is 5.62. The minimum atomic E-state index is -0.658. The molecule has 0 aliphatic rings. The Balaban J connectivity index is 2.95. The minimum Gasteiger partial charge on any atom is -0.463 e. The van der Waals surface area contributed by atoms with Crippen molar-refractivity contribution >= 4 is 18.8 Å². The van der Waals surface area contributed by atoms with Crippen LogP contribution in [0.15, 0.2) is 0 Å². The zero-order chi connectivity index (χ0) is 7.11. The predicted octanol–water partition coefficient (Wildman–Crippen LogP) is 1.29. The maximum absolute atomic E-state index is 5.62. The first kappa shape index (κ1) is 9.39. The van der Waals surface area contributed by atoms with Crippen molar-refractivity contribution in [2.75, 3.05) is 0 Å². The zero-order valence-corrected chi connectivity index (χ0v) is 9.38. The second-order valence-corrected chi connectivity index (χ2v) is 6.52. The van der Waals surface area contributed by atoms with Crippen molar-refractivity contribution in [2.24, 2.45) is 0 Å². The van der Waals surface area contributed by atoms with E-state index in [-0.39, 0.29) is 9.76 Å². The highest BCUT2D eigenvalue weighted by Crippen LogP contribution is 2.00. The van der Waals surface area contributed by atoms with Crippen molar-refractivity contribution in [1.29, 1.82) is 0 Å². The summed E-state index contributed by atoms with van der Waals surface area (Å²) < 4.78 is 5.62. The molecule has 0 amide bonds. The summed E-state index contributed by atoms with van der Waals surface area (Å²) >= 11 is 0. The molecule has 0 N–H and O–H groups in total. The molecule has 0 bridgehead atoms. The van der Waals surface area contributed by atoms with Gasteiger partial charge in [-0.3, -0.25) is 0 Å². The number of unbranched alkanes of at least 4 members (excludes halogenated alkanes) is 1. The van der Waals surface area contributed by atoms with Gasteiger partial charge in [0.1, 0.15) is 9.76 Å². The lowest BCUT2D eigenvalue weighted by Gasteiger charge is -2.07. The van der Waals surface area contributed by atoms with Gasteiger partial charge in [-0.1, -0.05) is 26.3 Å². The Bertz CT molecular complexity index is 59.0. The molecule has 0 aliphatic carbocycles. The average molecular weight is 162 g/mol. The fourth-order valence-corrected chi connectivity index (χ4v) is 4.79. The van der Waals surface area contributed by atoms with Gasteiger partial charge in [0.2, 0.25) is 0 Å². The van der Waals surface area contributed by atoms with Gasteiger partial charge >= 0.3 is 0 Å². The molecule has 0 aromatic rings. The smallest absolute Gasteiger partial charge is 0.159 e. The molecule has 0 aromatic heterocycles. The van der Waals surface area contributed by atoms with Gasteiger partial charge in [0.25, 0.3) is 0 Å². The van der Waals surface area contributed by atoms with Crippen molar-refractivity contribution in [3.63, 3.8) is 0 Å². The zero-order valence-electron chi connectivity index (χ0n) is 6.81. The van der Waals surface area contributed by atoms with Gasteiger partial charge in [0.05, 0.1) is 0 Å². The first-order valence-corrected chi connectivity index (χ1v) is 8.36. The van der Waals surface area contributed by atoms with Gasteiger partial charge < -0.3 is 4.12 Å². The van der Waals surface area contributed by atoms with E-state index in [2.05, 4.69) is 20.0 Å². The van der Waals surface area contributed by atoms with Gasteiger partial charge in [0, 0.05) is 0 Å². The second kappa shape index (κ2) is 6.51. The average Bonchev–Trinajstić information content (AvgIpc) is 1.85. The summed E-state index contributed by atoms with van der Waals surface area (Å²) in [5.74, 6) is 0. The lowest BCUT2D eigenvalue weighted by molar-refractivity contribution is 0.611. The van der Waals surface area contributed by atoms with E-state index in [1.54, 1.807) is 0 Å². The monoisotopic (exact) mass is 162 g/mol. The van der Waals surface area contributed by atoms with Crippen LogP contribution in [0.1, 0.15) is 19.8 Å². The van der Waals surface area contributed by atoms with E-state index in [9.17, 15) is 0 Å². The summed E-state index contributed by atoms with van der Waals surface area (Å²) in [5.41, 5.74) is 0. The van der Waals surface area contributed by atoms with Gasteiger partial charge in [-0.25, -0.2) is 0 Å². The maximum Gasteiger partial charge on any atom is 0.159 e. The van der Waals surface area contributed by atoms with Crippen LogP contribution in [0.3, 0.4) is 0 Å². The molecule has 56 valence electrons. The molecule has 1 atom stereocenters. The molecule has 0 spiro atoms. The van der Waals surface area contributed by atoms with Gasteiger partial charge in [0.15, 0.2) is 9.04 Å². The first-order valence-electron chi connectivity index (χ1n) is 3.92. The van der Waals surface area contributed by atoms with Crippen LogP contribution in [0.25, 0.3) is 0 Å². The molecule has 0 aliphatic heterocycles. The third-order valence-corrected chi connectivity index (χ3v) is 6.25. The molecule has 0 saturated heterocycles. The van der Waals surface area contributed by atoms with E-state index in [1.807, 2.05) is 0 Å². The Morgan fingerprint density at radius 1 is 1.56 bits per heavy atom. The lowest BCUT2D eigenvalue weighted by Crippen LogP contribution is -2.13. The highest BCUT2D eigenvalue weighted by Gasteiger charge is 2.00. The van der Waals surface area contributed by atoms with Gasteiger partial charge in [-0.2, -0.15) is 0 Å². The Morgan fingerprint density at radius 2 is 2.22 bits per heavy atom. The third kappa shape index (κ3) is 6.28. The summed E-state index contributed by atoms with van der Waals surface area (Å²) in [6, 6.07) is 1.39. The van der Waals surface area contributed by atoms with Crippen molar-refractivity contribution in [1.82, 2.24) is 0 Å². The van der Waals surface area contributed by atoms with Gasteiger partial charge in [-0.05, 0) is 12.6 Å². The first-order chi connectivity index (χ1) is 4.31. The fraction of sp³-hybridized carbons (Fsp3) is 1.00. The molecule has 0 heterocycles. The van der Waals surface area contributed by atoms with Crippen molar-refractivity contribution in [2.45, 2.75) is 38.9 Å².